The number of hydrogen-bond acceptors (Lipinski definition) is 3. The first-order chi connectivity index (χ1) is 10.7. The van der Waals surface area contributed by atoms with Gasteiger partial charge in [0, 0.05) is 30.2 Å². The molecule has 1 heterocycles. The second kappa shape index (κ2) is 7.59. The molecule has 0 saturated carbocycles. The van der Waals surface area contributed by atoms with E-state index in [9.17, 15) is 4.79 Å². The maximum atomic E-state index is 12.2. The van der Waals surface area contributed by atoms with Crippen molar-refractivity contribution in [2.75, 3.05) is 11.4 Å². The number of rotatable bonds is 6. The highest BCUT2D eigenvalue weighted by molar-refractivity contribution is 5.93. The Morgan fingerprint density at radius 3 is 2.55 bits per heavy atom. The number of aromatic nitrogens is 1. The highest BCUT2D eigenvalue weighted by atomic mass is 16.1. The van der Waals surface area contributed by atoms with Crippen molar-refractivity contribution >= 4 is 17.3 Å². The molecule has 0 fully saturated rings. The number of carbonyl (C=O) groups excluding carboxylic acids is 1. The summed E-state index contributed by atoms with van der Waals surface area (Å²) in [5.74, 6) is -0.125. The average molecular weight is 297 g/mol. The Balaban J connectivity index is 2.25. The molecule has 0 radical (unpaired) electrons. The molecule has 0 spiro atoms. The van der Waals surface area contributed by atoms with Crippen molar-refractivity contribution in [3.8, 4) is 0 Å². The summed E-state index contributed by atoms with van der Waals surface area (Å²) in [4.78, 5) is 18.6. The van der Waals surface area contributed by atoms with Crippen LogP contribution in [-0.2, 0) is 0 Å². The Kier molecular flexibility index (Phi) is 5.53. The Bertz CT molecular complexity index is 613. The summed E-state index contributed by atoms with van der Waals surface area (Å²) in [5, 5.41) is 2.95. The van der Waals surface area contributed by atoms with Crippen molar-refractivity contribution in [3.63, 3.8) is 0 Å². The molecule has 0 bridgehead atoms. The molecule has 0 aliphatic rings. The van der Waals surface area contributed by atoms with Crippen LogP contribution in [0.15, 0.2) is 48.7 Å². The van der Waals surface area contributed by atoms with Gasteiger partial charge in [0.05, 0.1) is 0 Å². The number of anilines is 2. The fourth-order valence-corrected chi connectivity index (χ4v) is 2.23. The lowest BCUT2D eigenvalue weighted by molar-refractivity contribution is 0.0934. The summed E-state index contributed by atoms with van der Waals surface area (Å²) in [6.07, 6.45) is 2.59. The first kappa shape index (κ1) is 16.0. The van der Waals surface area contributed by atoms with Gasteiger partial charge in [0.2, 0.25) is 0 Å². The van der Waals surface area contributed by atoms with Crippen LogP contribution in [0.2, 0.25) is 0 Å². The van der Waals surface area contributed by atoms with Crippen molar-refractivity contribution in [2.45, 2.75) is 33.2 Å². The topological polar surface area (TPSA) is 45.2 Å². The second-order valence-corrected chi connectivity index (χ2v) is 5.26. The summed E-state index contributed by atoms with van der Waals surface area (Å²) >= 11 is 0. The van der Waals surface area contributed by atoms with Crippen LogP contribution in [0.1, 0.15) is 37.7 Å². The van der Waals surface area contributed by atoms with Crippen molar-refractivity contribution in [2.24, 2.45) is 0 Å². The largest absolute Gasteiger partial charge is 0.348 e. The molecule has 22 heavy (non-hydrogen) atoms. The summed E-state index contributed by atoms with van der Waals surface area (Å²) in [5.41, 5.74) is 2.52. The number of nitrogens with one attached hydrogen (secondary N) is 1. The van der Waals surface area contributed by atoms with E-state index in [4.69, 9.17) is 0 Å². The zero-order valence-corrected chi connectivity index (χ0v) is 13.4. The van der Waals surface area contributed by atoms with Gasteiger partial charge in [-0.15, -0.1) is 0 Å². The maximum Gasteiger partial charge on any atom is 0.270 e. The number of pyridine rings is 1. The highest BCUT2D eigenvalue weighted by Gasteiger charge is 2.13. The van der Waals surface area contributed by atoms with Gasteiger partial charge in [0.1, 0.15) is 5.69 Å². The Morgan fingerprint density at radius 1 is 1.18 bits per heavy atom. The predicted molar refractivity (Wildman–Crippen MR) is 90.6 cm³/mol. The smallest absolute Gasteiger partial charge is 0.270 e. The van der Waals surface area contributed by atoms with Gasteiger partial charge in [-0.2, -0.15) is 0 Å². The van der Waals surface area contributed by atoms with Crippen molar-refractivity contribution in [1.29, 1.82) is 0 Å². The van der Waals surface area contributed by atoms with Crippen LogP contribution in [0.4, 0.5) is 11.4 Å². The maximum absolute atomic E-state index is 12.2. The summed E-state index contributed by atoms with van der Waals surface area (Å²) < 4.78 is 0. The number of carbonyl (C=O) groups is 1. The monoisotopic (exact) mass is 297 g/mol. The summed E-state index contributed by atoms with van der Waals surface area (Å²) in [7, 11) is 0. The lowest BCUT2D eigenvalue weighted by atomic mass is 10.2. The van der Waals surface area contributed by atoms with Gasteiger partial charge < -0.3 is 10.2 Å². The molecule has 2 rings (SSSR count). The molecule has 1 aromatic heterocycles. The van der Waals surface area contributed by atoms with E-state index < -0.39 is 0 Å². The van der Waals surface area contributed by atoms with E-state index in [1.54, 1.807) is 6.20 Å². The Labute approximate surface area is 132 Å². The molecule has 2 aromatic rings. The number of para-hydroxylation sites is 1. The quantitative estimate of drug-likeness (QED) is 0.883. The molecule has 1 aromatic carbocycles. The van der Waals surface area contributed by atoms with E-state index in [1.807, 2.05) is 44.2 Å². The van der Waals surface area contributed by atoms with Gasteiger partial charge >= 0.3 is 0 Å². The van der Waals surface area contributed by atoms with Crippen molar-refractivity contribution in [3.05, 3.63) is 54.4 Å². The Morgan fingerprint density at radius 2 is 1.91 bits per heavy atom. The number of hydrogen-bond donors (Lipinski definition) is 1. The van der Waals surface area contributed by atoms with Crippen LogP contribution >= 0.6 is 0 Å². The molecule has 1 N–H and O–H groups in total. The second-order valence-electron chi connectivity index (χ2n) is 5.26. The van der Waals surface area contributed by atoms with E-state index in [2.05, 4.69) is 34.3 Å². The van der Waals surface area contributed by atoms with Crippen LogP contribution in [0.25, 0.3) is 0 Å². The first-order valence-electron chi connectivity index (χ1n) is 7.75. The summed E-state index contributed by atoms with van der Waals surface area (Å²) in [6, 6.07) is 14.0. The first-order valence-corrected chi connectivity index (χ1v) is 7.75. The SMILES string of the molecule is CCC(C)NC(=O)c1cc(N(CC)c2ccccc2)ccn1. The third kappa shape index (κ3) is 3.85. The van der Waals surface area contributed by atoms with E-state index in [1.165, 1.54) is 0 Å². The lowest BCUT2D eigenvalue weighted by Crippen LogP contribution is -2.32. The fraction of sp³-hybridized carbons (Fsp3) is 0.333. The third-order valence-electron chi connectivity index (χ3n) is 3.66. The van der Waals surface area contributed by atoms with Crippen LogP contribution in [0.3, 0.4) is 0 Å². The molecule has 4 nitrogen and oxygen atoms in total. The zero-order chi connectivity index (χ0) is 15.9. The van der Waals surface area contributed by atoms with Gasteiger partial charge in [-0.25, -0.2) is 0 Å². The minimum absolute atomic E-state index is 0.125. The molecule has 4 heteroatoms. The standard InChI is InChI=1S/C18H23N3O/c1-4-14(3)20-18(22)17-13-16(11-12-19-17)21(5-2)15-9-7-6-8-10-15/h6-14H,4-5H2,1-3H3,(H,20,22). The van der Waals surface area contributed by atoms with Gasteiger partial charge in [-0.3, -0.25) is 9.78 Å². The molecular weight excluding hydrogens is 274 g/mol. The number of benzene rings is 1. The van der Waals surface area contributed by atoms with Gasteiger partial charge in [-0.1, -0.05) is 25.1 Å². The molecule has 0 saturated heterocycles. The van der Waals surface area contributed by atoms with E-state index in [-0.39, 0.29) is 11.9 Å². The fourth-order valence-electron chi connectivity index (χ4n) is 2.23. The molecule has 1 atom stereocenters. The minimum Gasteiger partial charge on any atom is -0.348 e. The van der Waals surface area contributed by atoms with Crippen LogP contribution < -0.4 is 10.2 Å². The average Bonchev–Trinajstić information content (AvgIpc) is 2.56. The van der Waals surface area contributed by atoms with Crippen LogP contribution in [0.5, 0.6) is 0 Å². The van der Waals surface area contributed by atoms with Gasteiger partial charge in [0.25, 0.3) is 5.91 Å². The number of amides is 1. The molecule has 1 unspecified atom stereocenters. The van der Waals surface area contributed by atoms with E-state index >= 15 is 0 Å². The minimum atomic E-state index is -0.125. The summed E-state index contributed by atoms with van der Waals surface area (Å²) in [6.45, 7) is 6.94. The number of nitrogens with zero attached hydrogens (tertiary/aromatic N) is 2. The van der Waals surface area contributed by atoms with Crippen molar-refractivity contribution < 1.29 is 4.79 Å². The molecule has 0 aliphatic carbocycles. The lowest BCUT2D eigenvalue weighted by Gasteiger charge is -2.23. The zero-order valence-electron chi connectivity index (χ0n) is 13.4. The van der Waals surface area contributed by atoms with Gasteiger partial charge in [0.15, 0.2) is 0 Å². The molecule has 1 amide bonds. The predicted octanol–water partition coefficient (Wildman–Crippen LogP) is 3.77. The normalized spacial score (nSPS) is 11.8. The Hall–Kier alpha value is -2.36. The van der Waals surface area contributed by atoms with Crippen LogP contribution in [0, 0.1) is 0 Å². The van der Waals surface area contributed by atoms with E-state index in [0.29, 0.717) is 5.69 Å². The van der Waals surface area contributed by atoms with Crippen molar-refractivity contribution in [1.82, 2.24) is 10.3 Å². The molecule has 116 valence electrons. The molecular formula is C18H23N3O. The molecule has 0 aliphatic heterocycles. The van der Waals surface area contributed by atoms with Crippen LogP contribution in [-0.4, -0.2) is 23.5 Å². The van der Waals surface area contributed by atoms with E-state index in [0.717, 1.165) is 24.3 Å². The third-order valence-corrected chi connectivity index (χ3v) is 3.66. The highest BCUT2D eigenvalue weighted by Crippen LogP contribution is 2.24. The van der Waals surface area contributed by atoms with Gasteiger partial charge in [-0.05, 0) is 44.5 Å².